The van der Waals surface area contributed by atoms with Crippen molar-refractivity contribution < 1.29 is 9.90 Å². The van der Waals surface area contributed by atoms with E-state index in [1.165, 1.54) is 10.5 Å². The molecule has 0 spiro atoms. The van der Waals surface area contributed by atoms with Crippen LogP contribution >= 0.6 is 11.8 Å². The van der Waals surface area contributed by atoms with Gasteiger partial charge < -0.3 is 5.11 Å². The van der Waals surface area contributed by atoms with Crippen LogP contribution in [0.25, 0.3) is 0 Å². The molecule has 0 saturated carbocycles. The first-order valence-corrected chi connectivity index (χ1v) is 7.13. The van der Waals surface area contributed by atoms with Gasteiger partial charge in [0.2, 0.25) is 0 Å². The summed E-state index contributed by atoms with van der Waals surface area (Å²) in [6.07, 6.45) is 2.20. The van der Waals surface area contributed by atoms with Crippen molar-refractivity contribution >= 4 is 17.7 Å². The summed E-state index contributed by atoms with van der Waals surface area (Å²) in [6, 6.07) is 8.38. The number of carboxylic acid groups (broad SMARTS) is 1. The van der Waals surface area contributed by atoms with Crippen molar-refractivity contribution in [3.05, 3.63) is 29.8 Å². The standard InChI is InChI=1S/C14H21NO2S/c1-14(2,9-13(16)17)15(3)10-11-5-7-12(18-4)8-6-11/h5-8H,9-10H2,1-4H3,(H,16,17). The van der Waals surface area contributed by atoms with Gasteiger partial charge in [0.25, 0.3) is 0 Å². The first-order chi connectivity index (χ1) is 8.35. The number of rotatable bonds is 6. The van der Waals surface area contributed by atoms with Crippen molar-refractivity contribution in [2.45, 2.75) is 37.2 Å². The molecule has 100 valence electrons. The second-order valence-electron chi connectivity index (χ2n) is 5.09. The molecule has 0 saturated heterocycles. The molecule has 3 nitrogen and oxygen atoms in total. The van der Waals surface area contributed by atoms with Crippen LogP contribution in [0.5, 0.6) is 0 Å². The van der Waals surface area contributed by atoms with Gasteiger partial charge in [0.05, 0.1) is 6.42 Å². The number of carbonyl (C=O) groups is 1. The highest BCUT2D eigenvalue weighted by atomic mass is 32.2. The Balaban J connectivity index is 2.67. The fourth-order valence-corrected chi connectivity index (χ4v) is 2.13. The largest absolute Gasteiger partial charge is 0.481 e. The Hall–Kier alpha value is -1.00. The molecule has 0 heterocycles. The van der Waals surface area contributed by atoms with Gasteiger partial charge in [0.1, 0.15) is 0 Å². The van der Waals surface area contributed by atoms with E-state index in [1.807, 2.05) is 20.9 Å². The molecule has 0 amide bonds. The van der Waals surface area contributed by atoms with Gasteiger partial charge in [0, 0.05) is 17.0 Å². The number of benzene rings is 1. The fraction of sp³-hybridized carbons (Fsp3) is 0.500. The van der Waals surface area contributed by atoms with Crippen LogP contribution in [-0.4, -0.2) is 34.8 Å². The lowest BCUT2D eigenvalue weighted by Crippen LogP contribution is -2.42. The van der Waals surface area contributed by atoms with Crippen molar-refractivity contribution in [1.82, 2.24) is 4.90 Å². The van der Waals surface area contributed by atoms with Crippen LogP contribution in [0.15, 0.2) is 29.2 Å². The highest BCUT2D eigenvalue weighted by Gasteiger charge is 2.26. The van der Waals surface area contributed by atoms with Gasteiger partial charge in [-0.15, -0.1) is 11.8 Å². The molecule has 18 heavy (non-hydrogen) atoms. The van der Waals surface area contributed by atoms with Crippen LogP contribution in [-0.2, 0) is 11.3 Å². The Labute approximate surface area is 113 Å². The maximum Gasteiger partial charge on any atom is 0.305 e. The SMILES string of the molecule is CSc1ccc(CN(C)C(C)(C)CC(=O)O)cc1. The van der Waals surface area contributed by atoms with E-state index >= 15 is 0 Å². The van der Waals surface area contributed by atoms with Gasteiger partial charge in [-0.05, 0) is 44.8 Å². The van der Waals surface area contributed by atoms with Gasteiger partial charge in [-0.3, -0.25) is 9.69 Å². The predicted molar refractivity (Wildman–Crippen MR) is 76.0 cm³/mol. The zero-order chi connectivity index (χ0) is 13.8. The van der Waals surface area contributed by atoms with Crippen molar-refractivity contribution in [3.63, 3.8) is 0 Å². The molecule has 1 aromatic carbocycles. The second kappa shape index (κ2) is 6.25. The van der Waals surface area contributed by atoms with E-state index in [0.29, 0.717) is 0 Å². The Bertz CT molecular complexity index is 401. The summed E-state index contributed by atoms with van der Waals surface area (Å²) in [6.45, 7) is 4.67. The molecule has 0 aliphatic heterocycles. The average molecular weight is 267 g/mol. The molecule has 0 fully saturated rings. The lowest BCUT2D eigenvalue weighted by molar-refractivity contribution is -0.139. The van der Waals surface area contributed by atoms with Crippen LogP contribution in [0.1, 0.15) is 25.8 Å². The molecule has 1 rings (SSSR count). The average Bonchev–Trinajstić information content (AvgIpc) is 2.28. The van der Waals surface area contributed by atoms with Crippen LogP contribution in [0, 0.1) is 0 Å². The molecular formula is C14H21NO2S. The summed E-state index contributed by atoms with van der Waals surface area (Å²) in [4.78, 5) is 14.1. The van der Waals surface area contributed by atoms with E-state index in [2.05, 4.69) is 35.4 Å². The summed E-state index contributed by atoms with van der Waals surface area (Å²) >= 11 is 1.72. The smallest absolute Gasteiger partial charge is 0.305 e. The van der Waals surface area contributed by atoms with E-state index < -0.39 is 5.97 Å². The van der Waals surface area contributed by atoms with Crippen molar-refractivity contribution in [2.24, 2.45) is 0 Å². The lowest BCUT2D eigenvalue weighted by Gasteiger charge is -2.34. The van der Waals surface area contributed by atoms with Crippen molar-refractivity contribution in [3.8, 4) is 0 Å². The quantitative estimate of drug-likeness (QED) is 0.804. The minimum absolute atomic E-state index is 0.145. The van der Waals surface area contributed by atoms with Gasteiger partial charge in [-0.1, -0.05) is 12.1 Å². The molecule has 1 N–H and O–H groups in total. The maximum absolute atomic E-state index is 10.8. The van der Waals surface area contributed by atoms with E-state index in [1.54, 1.807) is 11.8 Å². The Morgan fingerprint density at radius 1 is 1.33 bits per heavy atom. The van der Waals surface area contributed by atoms with Crippen molar-refractivity contribution in [2.75, 3.05) is 13.3 Å². The molecule has 0 unspecified atom stereocenters. The molecule has 0 aliphatic carbocycles. The van der Waals surface area contributed by atoms with Crippen molar-refractivity contribution in [1.29, 1.82) is 0 Å². The Morgan fingerprint density at radius 3 is 2.33 bits per heavy atom. The molecule has 0 aliphatic rings. The normalized spacial score (nSPS) is 11.8. The van der Waals surface area contributed by atoms with Crippen LogP contribution < -0.4 is 0 Å². The predicted octanol–water partition coefficient (Wildman–Crippen LogP) is 3.09. The molecule has 4 heteroatoms. The number of hydrogen-bond acceptors (Lipinski definition) is 3. The summed E-state index contributed by atoms with van der Waals surface area (Å²) in [5.41, 5.74) is 0.859. The second-order valence-corrected chi connectivity index (χ2v) is 5.97. The topological polar surface area (TPSA) is 40.5 Å². The third kappa shape index (κ3) is 4.35. The summed E-state index contributed by atoms with van der Waals surface area (Å²) in [5, 5.41) is 8.90. The van der Waals surface area contributed by atoms with Crippen LogP contribution in [0.4, 0.5) is 0 Å². The van der Waals surface area contributed by atoms with E-state index in [4.69, 9.17) is 5.11 Å². The number of thioether (sulfide) groups is 1. The van der Waals surface area contributed by atoms with Gasteiger partial charge in [-0.2, -0.15) is 0 Å². The monoisotopic (exact) mass is 267 g/mol. The first-order valence-electron chi connectivity index (χ1n) is 5.91. The van der Waals surface area contributed by atoms with Gasteiger partial charge in [0.15, 0.2) is 0 Å². The third-order valence-electron chi connectivity index (χ3n) is 3.20. The number of hydrogen-bond donors (Lipinski definition) is 1. The number of carboxylic acids is 1. The number of aliphatic carboxylic acids is 1. The zero-order valence-corrected chi connectivity index (χ0v) is 12.3. The number of nitrogens with zero attached hydrogens (tertiary/aromatic N) is 1. The summed E-state index contributed by atoms with van der Waals surface area (Å²) in [7, 11) is 1.96. The molecule has 1 aromatic rings. The van der Waals surface area contributed by atoms with Crippen LogP contribution in [0.2, 0.25) is 0 Å². The zero-order valence-electron chi connectivity index (χ0n) is 11.4. The van der Waals surface area contributed by atoms with E-state index in [0.717, 1.165) is 6.54 Å². The minimum atomic E-state index is -0.760. The highest BCUT2D eigenvalue weighted by Crippen LogP contribution is 2.21. The van der Waals surface area contributed by atoms with E-state index in [-0.39, 0.29) is 12.0 Å². The van der Waals surface area contributed by atoms with Crippen LogP contribution in [0.3, 0.4) is 0 Å². The molecule has 0 aromatic heterocycles. The minimum Gasteiger partial charge on any atom is -0.481 e. The van der Waals surface area contributed by atoms with Gasteiger partial charge in [-0.25, -0.2) is 0 Å². The fourth-order valence-electron chi connectivity index (χ4n) is 1.72. The van der Waals surface area contributed by atoms with Gasteiger partial charge >= 0.3 is 5.97 Å². The Morgan fingerprint density at radius 2 is 1.89 bits per heavy atom. The Kier molecular flexibility index (Phi) is 5.23. The first kappa shape index (κ1) is 15.1. The summed E-state index contributed by atoms with van der Waals surface area (Å²) < 4.78 is 0. The summed E-state index contributed by atoms with van der Waals surface area (Å²) in [5.74, 6) is -0.760. The molecule has 0 radical (unpaired) electrons. The maximum atomic E-state index is 10.8. The lowest BCUT2D eigenvalue weighted by atomic mass is 9.98. The van der Waals surface area contributed by atoms with E-state index in [9.17, 15) is 4.79 Å². The highest BCUT2D eigenvalue weighted by molar-refractivity contribution is 7.98. The molecular weight excluding hydrogens is 246 g/mol. The third-order valence-corrected chi connectivity index (χ3v) is 3.94. The molecule has 0 atom stereocenters. The molecule has 0 bridgehead atoms.